The molecule has 1 unspecified atom stereocenters. The number of aryl methyl sites for hydroxylation is 1. The minimum atomic E-state index is 0.354. The number of hydrogen-bond donors (Lipinski definition) is 0. The van der Waals surface area contributed by atoms with Gasteiger partial charge in [-0.1, -0.05) is 19.4 Å². The van der Waals surface area contributed by atoms with Crippen LogP contribution >= 0.6 is 11.8 Å². The second kappa shape index (κ2) is 3.52. The predicted octanol–water partition coefficient (Wildman–Crippen LogP) is 4.33. The lowest BCUT2D eigenvalue weighted by Gasteiger charge is -2.48. The van der Waals surface area contributed by atoms with Gasteiger partial charge in [-0.15, -0.1) is 11.8 Å². The van der Waals surface area contributed by atoms with E-state index < -0.39 is 0 Å². The zero-order valence-corrected chi connectivity index (χ0v) is 12.9. The van der Waals surface area contributed by atoms with Gasteiger partial charge in [-0.3, -0.25) is 0 Å². The monoisotopic (exact) mass is 274 g/mol. The third-order valence-corrected chi connectivity index (χ3v) is 8.34. The van der Waals surface area contributed by atoms with E-state index in [1.165, 1.54) is 32.1 Å². The van der Waals surface area contributed by atoms with Crippen LogP contribution < -0.4 is 4.74 Å². The van der Waals surface area contributed by atoms with Gasteiger partial charge in [0, 0.05) is 14.9 Å². The van der Waals surface area contributed by atoms with Gasteiger partial charge in [0.2, 0.25) is 0 Å². The van der Waals surface area contributed by atoms with Crippen LogP contribution in [0.3, 0.4) is 0 Å². The molecule has 102 valence electrons. The molecule has 1 saturated heterocycles. The Bertz CT molecular complexity index is 554. The van der Waals surface area contributed by atoms with E-state index in [9.17, 15) is 0 Å². The lowest BCUT2D eigenvalue weighted by atomic mass is 9.55. The smallest absolute Gasteiger partial charge is 0.119 e. The van der Waals surface area contributed by atoms with Crippen LogP contribution in [-0.4, -0.2) is 16.6 Å². The zero-order valence-electron chi connectivity index (χ0n) is 12.1. The highest BCUT2D eigenvalue weighted by molar-refractivity contribution is 8.09. The van der Waals surface area contributed by atoms with Crippen molar-refractivity contribution >= 4 is 11.8 Å². The van der Waals surface area contributed by atoms with E-state index in [-0.39, 0.29) is 0 Å². The van der Waals surface area contributed by atoms with E-state index in [1.807, 2.05) is 0 Å². The van der Waals surface area contributed by atoms with E-state index in [1.54, 1.807) is 18.2 Å². The van der Waals surface area contributed by atoms with Crippen LogP contribution in [0.1, 0.15) is 50.7 Å². The maximum Gasteiger partial charge on any atom is 0.119 e. The number of benzene rings is 1. The Hall–Kier alpha value is -0.630. The molecule has 1 spiro atoms. The molecule has 0 N–H and O–H groups in total. The Balaban J connectivity index is 1.89. The summed E-state index contributed by atoms with van der Waals surface area (Å²) in [5, 5.41) is 0. The van der Waals surface area contributed by atoms with Gasteiger partial charge < -0.3 is 4.74 Å². The average molecular weight is 274 g/mol. The van der Waals surface area contributed by atoms with Crippen molar-refractivity contribution in [1.29, 1.82) is 0 Å². The van der Waals surface area contributed by atoms with Crippen molar-refractivity contribution in [1.82, 2.24) is 0 Å². The number of thioether (sulfide) groups is 1. The molecular formula is C17H22OS. The molecule has 0 bridgehead atoms. The SMILES string of the molecule is COc1ccc2c(c1)[C@]1(C)CCCC3(C)S[C@]31CC2. The highest BCUT2D eigenvalue weighted by Crippen LogP contribution is 2.79. The average Bonchev–Trinajstić information content (AvgIpc) is 3.03. The summed E-state index contributed by atoms with van der Waals surface area (Å²) in [5.74, 6) is 1.02. The van der Waals surface area contributed by atoms with Gasteiger partial charge in [-0.2, -0.15) is 0 Å². The van der Waals surface area contributed by atoms with Crippen molar-refractivity contribution in [2.75, 3.05) is 7.11 Å². The molecule has 2 aliphatic carbocycles. The second-order valence-electron chi connectivity index (χ2n) is 6.87. The van der Waals surface area contributed by atoms with Crippen molar-refractivity contribution in [2.24, 2.45) is 0 Å². The van der Waals surface area contributed by atoms with Gasteiger partial charge in [0.25, 0.3) is 0 Å². The van der Waals surface area contributed by atoms with Gasteiger partial charge in [-0.05, 0) is 55.9 Å². The van der Waals surface area contributed by atoms with Crippen LogP contribution in [0.25, 0.3) is 0 Å². The molecule has 1 saturated carbocycles. The summed E-state index contributed by atoms with van der Waals surface area (Å²) >= 11 is 2.27. The summed E-state index contributed by atoms with van der Waals surface area (Å²) in [6, 6.07) is 6.74. The Labute approximate surface area is 120 Å². The number of methoxy groups -OCH3 is 1. The number of ether oxygens (including phenoxy) is 1. The van der Waals surface area contributed by atoms with Crippen molar-refractivity contribution in [3.63, 3.8) is 0 Å². The highest BCUT2D eigenvalue weighted by atomic mass is 32.2. The molecule has 2 heteroatoms. The van der Waals surface area contributed by atoms with E-state index in [2.05, 4.69) is 43.8 Å². The minimum absolute atomic E-state index is 0.354. The summed E-state index contributed by atoms with van der Waals surface area (Å²) in [6.45, 7) is 5.02. The summed E-state index contributed by atoms with van der Waals surface area (Å²) in [6.07, 6.45) is 6.74. The van der Waals surface area contributed by atoms with E-state index in [4.69, 9.17) is 4.74 Å². The summed E-state index contributed by atoms with van der Waals surface area (Å²) < 4.78 is 6.52. The molecule has 4 rings (SSSR count). The molecule has 19 heavy (non-hydrogen) atoms. The summed E-state index contributed by atoms with van der Waals surface area (Å²) in [4.78, 5) is 0. The summed E-state index contributed by atoms with van der Waals surface area (Å²) in [5.41, 5.74) is 3.49. The molecule has 1 aliphatic heterocycles. The third kappa shape index (κ3) is 1.29. The predicted molar refractivity (Wildman–Crippen MR) is 81.2 cm³/mol. The van der Waals surface area contributed by atoms with Gasteiger partial charge in [0.15, 0.2) is 0 Å². The lowest BCUT2D eigenvalue weighted by molar-refractivity contribution is 0.217. The Morgan fingerprint density at radius 1 is 1.16 bits per heavy atom. The van der Waals surface area contributed by atoms with Gasteiger partial charge in [0.1, 0.15) is 5.75 Å². The van der Waals surface area contributed by atoms with Crippen molar-refractivity contribution in [2.45, 2.75) is 60.9 Å². The number of fused-ring (bicyclic) bond motifs is 2. The molecule has 3 atom stereocenters. The molecule has 0 amide bonds. The van der Waals surface area contributed by atoms with Crippen molar-refractivity contribution in [3.05, 3.63) is 29.3 Å². The molecule has 0 radical (unpaired) electrons. The first kappa shape index (κ1) is 12.1. The fourth-order valence-corrected chi connectivity index (χ4v) is 6.99. The minimum Gasteiger partial charge on any atom is -0.497 e. The number of rotatable bonds is 1. The quantitative estimate of drug-likeness (QED) is 0.705. The van der Waals surface area contributed by atoms with E-state index >= 15 is 0 Å². The first-order chi connectivity index (χ1) is 9.05. The topological polar surface area (TPSA) is 9.23 Å². The second-order valence-corrected chi connectivity index (χ2v) is 8.67. The van der Waals surface area contributed by atoms with Crippen LogP contribution in [0.4, 0.5) is 0 Å². The van der Waals surface area contributed by atoms with Crippen LogP contribution in [-0.2, 0) is 11.8 Å². The van der Waals surface area contributed by atoms with E-state index in [0.29, 0.717) is 14.9 Å². The lowest BCUT2D eigenvalue weighted by Crippen LogP contribution is -2.50. The van der Waals surface area contributed by atoms with Gasteiger partial charge >= 0.3 is 0 Å². The third-order valence-electron chi connectivity index (χ3n) is 6.09. The molecule has 3 aliphatic rings. The Morgan fingerprint density at radius 2 is 2.00 bits per heavy atom. The molecule has 1 aromatic carbocycles. The van der Waals surface area contributed by atoms with Crippen molar-refractivity contribution < 1.29 is 4.74 Å². The maximum atomic E-state index is 5.47. The van der Waals surface area contributed by atoms with Crippen LogP contribution in [0.15, 0.2) is 18.2 Å². The Kier molecular flexibility index (Phi) is 2.25. The van der Waals surface area contributed by atoms with Crippen LogP contribution in [0.2, 0.25) is 0 Å². The molecule has 1 nitrogen and oxygen atoms in total. The normalized spacial score (nSPS) is 42.9. The van der Waals surface area contributed by atoms with Crippen LogP contribution in [0, 0.1) is 0 Å². The first-order valence-electron chi connectivity index (χ1n) is 7.42. The zero-order chi connectivity index (χ0) is 13.3. The molecule has 0 aromatic heterocycles. The molecule has 1 aromatic rings. The van der Waals surface area contributed by atoms with Gasteiger partial charge in [-0.25, -0.2) is 0 Å². The first-order valence-corrected chi connectivity index (χ1v) is 8.24. The molecular weight excluding hydrogens is 252 g/mol. The maximum absolute atomic E-state index is 5.47. The number of hydrogen-bond acceptors (Lipinski definition) is 2. The molecule has 2 fully saturated rings. The van der Waals surface area contributed by atoms with E-state index in [0.717, 1.165) is 5.75 Å². The fraction of sp³-hybridized carbons (Fsp3) is 0.647. The van der Waals surface area contributed by atoms with Crippen LogP contribution in [0.5, 0.6) is 5.75 Å². The standard InChI is InChI=1S/C17H22OS/c1-15-8-4-9-16(2)17(15,19-16)10-7-12-5-6-13(18-3)11-14(12)15/h5-6,11H,4,7-10H2,1-3H3/t15-,16?,17-/m0/s1. The fourth-order valence-electron chi connectivity index (χ4n) is 4.96. The largest absolute Gasteiger partial charge is 0.497 e. The Morgan fingerprint density at radius 3 is 2.79 bits per heavy atom. The summed E-state index contributed by atoms with van der Waals surface area (Å²) in [7, 11) is 1.78. The highest BCUT2D eigenvalue weighted by Gasteiger charge is 2.75. The van der Waals surface area contributed by atoms with Crippen molar-refractivity contribution in [3.8, 4) is 5.75 Å². The molecule has 1 heterocycles. The van der Waals surface area contributed by atoms with Gasteiger partial charge in [0.05, 0.1) is 7.11 Å².